The molecule has 0 spiro atoms. The van der Waals surface area contributed by atoms with Gasteiger partial charge < -0.3 is 5.32 Å². The predicted octanol–water partition coefficient (Wildman–Crippen LogP) is 3.34. The van der Waals surface area contributed by atoms with E-state index in [1.165, 1.54) is 29.7 Å². The van der Waals surface area contributed by atoms with E-state index in [4.69, 9.17) is 11.6 Å². The van der Waals surface area contributed by atoms with Crippen molar-refractivity contribution < 1.29 is 18.0 Å². The highest BCUT2D eigenvalue weighted by molar-refractivity contribution is 7.93. The molecule has 2 N–H and O–H groups in total. The summed E-state index contributed by atoms with van der Waals surface area (Å²) in [5.74, 6) is -0.712. The molecule has 0 radical (unpaired) electrons. The predicted molar refractivity (Wildman–Crippen MR) is 115 cm³/mol. The van der Waals surface area contributed by atoms with Crippen LogP contribution < -0.4 is 14.9 Å². The fourth-order valence-electron chi connectivity index (χ4n) is 2.99. The van der Waals surface area contributed by atoms with Crippen LogP contribution in [0.25, 0.3) is 0 Å². The van der Waals surface area contributed by atoms with Gasteiger partial charge in [0.15, 0.2) is 5.13 Å². The molecule has 2 aromatic carbocycles. The molecule has 8 nitrogen and oxygen atoms in total. The number of benzene rings is 2. The Bertz CT molecular complexity index is 1180. The molecule has 154 valence electrons. The number of halogens is 1. The molecule has 1 fully saturated rings. The van der Waals surface area contributed by atoms with Gasteiger partial charge in [0, 0.05) is 22.3 Å². The van der Waals surface area contributed by atoms with Crippen molar-refractivity contribution in [2.24, 2.45) is 0 Å². The van der Waals surface area contributed by atoms with Crippen LogP contribution in [-0.4, -0.2) is 31.3 Å². The number of nitrogens with zero attached hydrogens (tertiary/aromatic N) is 2. The van der Waals surface area contributed by atoms with E-state index in [0.29, 0.717) is 16.4 Å². The van der Waals surface area contributed by atoms with Gasteiger partial charge in [0.25, 0.3) is 15.9 Å². The van der Waals surface area contributed by atoms with Gasteiger partial charge in [-0.1, -0.05) is 11.6 Å². The Balaban J connectivity index is 1.46. The van der Waals surface area contributed by atoms with E-state index in [9.17, 15) is 18.0 Å². The SMILES string of the molecule is O=C1CC(Nc2ccc(S(=O)(=O)Nc3nccs3)cc2)C(=O)N1c1ccc(Cl)cc1. The highest BCUT2D eigenvalue weighted by atomic mass is 35.5. The summed E-state index contributed by atoms with van der Waals surface area (Å²) >= 11 is 7.03. The smallest absolute Gasteiger partial charge is 0.263 e. The monoisotopic (exact) mass is 462 g/mol. The standard InChI is InChI=1S/C19H15ClN4O4S2/c20-12-1-5-14(6-2-12)24-17(25)11-16(18(24)26)22-13-3-7-15(8-4-13)30(27,28)23-19-21-9-10-29-19/h1-10,16,22H,11H2,(H,21,23). The molecular formula is C19H15ClN4O4S2. The van der Waals surface area contributed by atoms with Gasteiger partial charge in [-0.15, -0.1) is 11.3 Å². The van der Waals surface area contributed by atoms with Crippen molar-refractivity contribution in [3.8, 4) is 0 Å². The van der Waals surface area contributed by atoms with E-state index in [1.807, 2.05) is 0 Å². The molecule has 1 saturated heterocycles. The van der Waals surface area contributed by atoms with Crippen LogP contribution in [0.1, 0.15) is 6.42 Å². The summed E-state index contributed by atoms with van der Waals surface area (Å²) in [4.78, 5) is 30.1. The number of aromatic nitrogens is 1. The van der Waals surface area contributed by atoms with Crippen molar-refractivity contribution in [3.05, 3.63) is 65.1 Å². The maximum Gasteiger partial charge on any atom is 0.263 e. The van der Waals surface area contributed by atoms with Gasteiger partial charge in [-0.05, 0) is 48.5 Å². The van der Waals surface area contributed by atoms with E-state index in [2.05, 4.69) is 15.0 Å². The topological polar surface area (TPSA) is 108 Å². The molecule has 1 unspecified atom stereocenters. The lowest BCUT2D eigenvalue weighted by Crippen LogP contribution is -2.34. The number of carbonyl (C=O) groups excluding carboxylic acids is 2. The lowest BCUT2D eigenvalue weighted by atomic mass is 10.2. The second-order valence-corrected chi connectivity index (χ2v) is 9.43. The maximum atomic E-state index is 12.7. The highest BCUT2D eigenvalue weighted by Crippen LogP contribution is 2.27. The molecule has 1 aromatic heterocycles. The first-order chi connectivity index (χ1) is 14.3. The van der Waals surface area contributed by atoms with Gasteiger partial charge in [-0.25, -0.2) is 18.3 Å². The molecular weight excluding hydrogens is 448 g/mol. The van der Waals surface area contributed by atoms with Crippen LogP contribution in [0.4, 0.5) is 16.5 Å². The summed E-state index contributed by atoms with van der Waals surface area (Å²) in [5.41, 5.74) is 0.973. The largest absolute Gasteiger partial charge is 0.373 e. The van der Waals surface area contributed by atoms with Crippen LogP contribution in [0.5, 0.6) is 0 Å². The van der Waals surface area contributed by atoms with Crippen molar-refractivity contribution >= 4 is 61.3 Å². The minimum absolute atomic E-state index is 0.00683. The molecule has 11 heteroatoms. The second-order valence-electron chi connectivity index (χ2n) is 6.41. The number of anilines is 3. The summed E-state index contributed by atoms with van der Waals surface area (Å²) in [5, 5.41) is 5.44. The van der Waals surface area contributed by atoms with E-state index < -0.39 is 16.1 Å². The van der Waals surface area contributed by atoms with Crippen LogP contribution in [0.2, 0.25) is 5.02 Å². The molecule has 30 heavy (non-hydrogen) atoms. The molecule has 4 rings (SSSR count). The minimum Gasteiger partial charge on any atom is -0.373 e. The third-order valence-electron chi connectivity index (χ3n) is 4.39. The van der Waals surface area contributed by atoms with Crippen LogP contribution in [0, 0.1) is 0 Å². The third-order valence-corrected chi connectivity index (χ3v) is 6.82. The Labute approximate surface area is 181 Å². The molecule has 0 bridgehead atoms. The number of rotatable bonds is 6. The average molecular weight is 463 g/mol. The van der Waals surface area contributed by atoms with Crippen LogP contribution >= 0.6 is 22.9 Å². The Kier molecular flexibility index (Phi) is 5.46. The number of hydrogen-bond donors (Lipinski definition) is 2. The van der Waals surface area contributed by atoms with Crippen molar-refractivity contribution in [3.63, 3.8) is 0 Å². The van der Waals surface area contributed by atoms with Crippen LogP contribution in [-0.2, 0) is 19.6 Å². The summed E-state index contributed by atoms with van der Waals surface area (Å²) < 4.78 is 27.2. The van der Waals surface area contributed by atoms with Crippen LogP contribution in [0.3, 0.4) is 0 Å². The molecule has 0 aliphatic carbocycles. The zero-order valence-electron chi connectivity index (χ0n) is 15.3. The van der Waals surface area contributed by atoms with Gasteiger partial charge in [0.05, 0.1) is 17.0 Å². The third kappa shape index (κ3) is 4.16. The van der Waals surface area contributed by atoms with Crippen molar-refractivity contribution in [2.45, 2.75) is 17.4 Å². The van der Waals surface area contributed by atoms with Gasteiger partial charge in [-0.2, -0.15) is 0 Å². The highest BCUT2D eigenvalue weighted by Gasteiger charge is 2.39. The van der Waals surface area contributed by atoms with Gasteiger partial charge >= 0.3 is 0 Å². The summed E-state index contributed by atoms with van der Waals surface area (Å²) in [6, 6.07) is 11.6. The average Bonchev–Trinajstić information content (AvgIpc) is 3.31. The number of hydrogen-bond acceptors (Lipinski definition) is 7. The first kappa shape index (κ1) is 20.3. The van der Waals surface area contributed by atoms with E-state index in [-0.39, 0.29) is 28.3 Å². The van der Waals surface area contributed by atoms with Gasteiger partial charge in [0.1, 0.15) is 6.04 Å². The number of sulfonamides is 1. The quantitative estimate of drug-likeness (QED) is 0.544. The molecule has 1 aliphatic rings. The molecule has 1 atom stereocenters. The second kappa shape index (κ2) is 8.05. The van der Waals surface area contributed by atoms with E-state index in [1.54, 1.807) is 41.8 Å². The summed E-state index contributed by atoms with van der Waals surface area (Å²) in [6.45, 7) is 0. The Morgan fingerprint density at radius 2 is 1.77 bits per heavy atom. The van der Waals surface area contributed by atoms with Crippen molar-refractivity contribution in [1.29, 1.82) is 0 Å². The van der Waals surface area contributed by atoms with Gasteiger partial charge in [0.2, 0.25) is 5.91 Å². The van der Waals surface area contributed by atoms with E-state index in [0.717, 1.165) is 4.90 Å². The zero-order valence-corrected chi connectivity index (χ0v) is 17.7. The fraction of sp³-hybridized carbons (Fsp3) is 0.105. The lowest BCUT2D eigenvalue weighted by Gasteiger charge is -2.16. The first-order valence-corrected chi connectivity index (χ1v) is 11.5. The zero-order chi connectivity index (χ0) is 21.3. The normalized spacial score (nSPS) is 16.7. The van der Waals surface area contributed by atoms with Crippen LogP contribution in [0.15, 0.2) is 65.0 Å². The molecule has 2 amide bonds. The lowest BCUT2D eigenvalue weighted by molar-refractivity contribution is -0.121. The number of imide groups is 1. The minimum atomic E-state index is -3.77. The van der Waals surface area contributed by atoms with Crippen molar-refractivity contribution in [1.82, 2.24) is 4.98 Å². The Hall–Kier alpha value is -2.95. The fourth-order valence-corrected chi connectivity index (χ4v) is 4.90. The Morgan fingerprint density at radius 3 is 2.40 bits per heavy atom. The number of thiazole rings is 1. The first-order valence-electron chi connectivity index (χ1n) is 8.75. The number of carbonyl (C=O) groups is 2. The Morgan fingerprint density at radius 1 is 1.07 bits per heavy atom. The molecule has 1 aliphatic heterocycles. The molecule has 0 saturated carbocycles. The summed E-state index contributed by atoms with van der Waals surface area (Å²) in [6.07, 6.45) is 1.50. The number of amides is 2. The van der Waals surface area contributed by atoms with Crippen molar-refractivity contribution in [2.75, 3.05) is 14.9 Å². The molecule has 3 aromatic rings. The van der Waals surface area contributed by atoms with E-state index >= 15 is 0 Å². The molecule has 2 heterocycles. The van der Waals surface area contributed by atoms with Gasteiger partial charge in [-0.3, -0.25) is 14.3 Å². The summed E-state index contributed by atoms with van der Waals surface area (Å²) in [7, 11) is -3.77. The number of nitrogens with one attached hydrogen (secondary N) is 2. The maximum absolute atomic E-state index is 12.7.